The van der Waals surface area contributed by atoms with Crippen LogP contribution in [0.1, 0.15) is 6.92 Å². The zero-order valence-corrected chi connectivity index (χ0v) is 11.6. The van der Waals surface area contributed by atoms with E-state index in [4.69, 9.17) is 4.74 Å². The summed E-state index contributed by atoms with van der Waals surface area (Å²) in [5.41, 5.74) is 0. The molecule has 0 fully saturated rings. The van der Waals surface area contributed by atoms with Gasteiger partial charge in [0, 0.05) is 24.3 Å². The second-order valence-corrected chi connectivity index (χ2v) is 5.09. The van der Waals surface area contributed by atoms with Crippen LogP contribution in [0.15, 0.2) is 35.2 Å². The maximum atomic E-state index is 11.5. The first-order valence-electron chi connectivity index (χ1n) is 5.93. The lowest BCUT2D eigenvalue weighted by Crippen LogP contribution is -2.43. The van der Waals surface area contributed by atoms with Gasteiger partial charge >= 0.3 is 6.03 Å². The molecule has 0 bridgehead atoms. The second-order valence-electron chi connectivity index (χ2n) is 3.92. The summed E-state index contributed by atoms with van der Waals surface area (Å²) in [4.78, 5) is 12.7. The molecule has 4 nitrogen and oxygen atoms in total. The van der Waals surface area contributed by atoms with Gasteiger partial charge < -0.3 is 15.4 Å². The van der Waals surface area contributed by atoms with Crippen molar-refractivity contribution in [1.29, 1.82) is 0 Å². The van der Waals surface area contributed by atoms with Crippen molar-refractivity contribution in [3.63, 3.8) is 0 Å². The highest BCUT2D eigenvalue weighted by Crippen LogP contribution is 2.15. The van der Waals surface area contributed by atoms with Gasteiger partial charge in [-0.1, -0.05) is 18.2 Å². The predicted molar refractivity (Wildman–Crippen MR) is 75.0 cm³/mol. The summed E-state index contributed by atoms with van der Waals surface area (Å²) in [5, 5.41) is 5.61. The number of benzene rings is 1. The van der Waals surface area contributed by atoms with Gasteiger partial charge in [-0.2, -0.15) is 0 Å². The normalized spacial score (nSPS) is 11.9. The van der Waals surface area contributed by atoms with Crippen molar-refractivity contribution in [3.05, 3.63) is 30.3 Å². The van der Waals surface area contributed by atoms with Crippen molar-refractivity contribution in [2.24, 2.45) is 0 Å². The van der Waals surface area contributed by atoms with Crippen LogP contribution < -0.4 is 10.6 Å². The molecule has 1 unspecified atom stereocenters. The highest BCUT2D eigenvalue weighted by atomic mass is 32.2. The molecule has 0 aliphatic carbocycles. The van der Waals surface area contributed by atoms with Crippen LogP contribution in [0, 0.1) is 0 Å². The summed E-state index contributed by atoms with van der Waals surface area (Å²) >= 11 is 1.72. The summed E-state index contributed by atoms with van der Waals surface area (Å²) in [6.45, 7) is 3.07. The monoisotopic (exact) mass is 268 g/mol. The van der Waals surface area contributed by atoms with Crippen molar-refractivity contribution >= 4 is 17.8 Å². The Hall–Kier alpha value is -1.20. The van der Waals surface area contributed by atoms with Crippen LogP contribution in [0.5, 0.6) is 0 Å². The van der Waals surface area contributed by atoms with Crippen molar-refractivity contribution in [1.82, 2.24) is 10.6 Å². The van der Waals surface area contributed by atoms with Gasteiger partial charge in [0.2, 0.25) is 0 Å². The summed E-state index contributed by atoms with van der Waals surface area (Å²) in [5.74, 6) is 0.857. The predicted octanol–water partition coefficient (Wildman–Crippen LogP) is 2.11. The average Bonchev–Trinajstić information content (AvgIpc) is 2.36. The molecule has 0 heterocycles. The third-order valence-corrected chi connectivity index (χ3v) is 3.21. The number of amides is 2. The largest absolute Gasteiger partial charge is 0.383 e. The van der Waals surface area contributed by atoms with Gasteiger partial charge in [0.25, 0.3) is 0 Å². The number of hydrogen-bond acceptors (Lipinski definition) is 3. The van der Waals surface area contributed by atoms with Crippen LogP contribution in [0.25, 0.3) is 0 Å². The van der Waals surface area contributed by atoms with Crippen LogP contribution in [0.4, 0.5) is 4.79 Å². The van der Waals surface area contributed by atoms with Crippen LogP contribution in [0.3, 0.4) is 0 Å². The minimum absolute atomic E-state index is 0.0248. The smallest absolute Gasteiger partial charge is 0.315 e. The summed E-state index contributed by atoms with van der Waals surface area (Å²) in [7, 11) is 1.62. The van der Waals surface area contributed by atoms with Crippen molar-refractivity contribution < 1.29 is 9.53 Å². The van der Waals surface area contributed by atoms with E-state index in [2.05, 4.69) is 22.8 Å². The molecule has 0 radical (unpaired) electrons. The topological polar surface area (TPSA) is 50.4 Å². The molecule has 100 valence electrons. The lowest BCUT2D eigenvalue weighted by molar-refractivity contribution is 0.171. The molecule has 1 rings (SSSR count). The molecule has 1 atom stereocenters. The standard InChI is InChI=1S/C13H20N2O2S/c1-11(10-17-2)15-13(16)14-8-9-18-12-6-4-3-5-7-12/h3-7,11H,8-10H2,1-2H3,(H2,14,15,16). The molecule has 18 heavy (non-hydrogen) atoms. The first-order chi connectivity index (χ1) is 8.72. The molecule has 1 aromatic carbocycles. The van der Waals surface area contributed by atoms with Crippen molar-refractivity contribution in [3.8, 4) is 0 Å². The number of thioether (sulfide) groups is 1. The lowest BCUT2D eigenvalue weighted by atomic mass is 10.4. The fourth-order valence-corrected chi connectivity index (χ4v) is 2.21. The van der Waals surface area contributed by atoms with E-state index in [-0.39, 0.29) is 12.1 Å². The quantitative estimate of drug-likeness (QED) is 0.588. The van der Waals surface area contributed by atoms with Crippen LogP contribution in [0.2, 0.25) is 0 Å². The Bertz CT molecular complexity index is 346. The minimum Gasteiger partial charge on any atom is -0.383 e. The molecular weight excluding hydrogens is 248 g/mol. The first kappa shape index (κ1) is 14.9. The van der Waals surface area contributed by atoms with E-state index < -0.39 is 0 Å². The Labute approximate surface area is 112 Å². The van der Waals surface area contributed by atoms with Crippen molar-refractivity contribution in [2.45, 2.75) is 17.9 Å². The fourth-order valence-electron chi connectivity index (χ4n) is 1.42. The molecule has 2 N–H and O–H groups in total. The molecule has 5 heteroatoms. The zero-order valence-electron chi connectivity index (χ0n) is 10.8. The Morgan fingerprint density at radius 2 is 2.11 bits per heavy atom. The van der Waals surface area contributed by atoms with Gasteiger partial charge in [0.05, 0.1) is 12.6 Å². The summed E-state index contributed by atoms with van der Waals surface area (Å²) < 4.78 is 4.94. The number of hydrogen-bond donors (Lipinski definition) is 2. The SMILES string of the molecule is COCC(C)NC(=O)NCCSc1ccccc1. The molecule has 1 aromatic rings. The molecule has 2 amide bonds. The lowest BCUT2D eigenvalue weighted by Gasteiger charge is -2.13. The van der Waals surface area contributed by atoms with Gasteiger partial charge in [-0.15, -0.1) is 11.8 Å². The van der Waals surface area contributed by atoms with Gasteiger partial charge in [-0.3, -0.25) is 0 Å². The Balaban J connectivity index is 2.09. The van der Waals surface area contributed by atoms with E-state index in [0.717, 1.165) is 5.75 Å². The summed E-state index contributed by atoms with van der Waals surface area (Å²) in [6.07, 6.45) is 0. The number of ether oxygens (including phenoxy) is 1. The van der Waals surface area contributed by atoms with Crippen LogP contribution in [-0.4, -0.2) is 38.1 Å². The minimum atomic E-state index is -0.145. The Morgan fingerprint density at radius 1 is 1.39 bits per heavy atom. The average molecular weight is 268 g/mol. The highest BCUT2D eigenvalue weighted by Gasteiger charge is 2.05. The maximum Gasteiger partial charge on any atom is 0.315 e. The molecule has 0 saturated carbocycles. The number of carbonyl (C=O) groups is 1. The van der Waals surface area contributed by atoms with Gasteiger partial charge in [0.1, 0.15) is 0 Å². The third kappa shape index (κ3) is 6.51. The van der Waals surface area contributed by atoms with E-state index in [9.17, 15) is 4.79 Å². The maximum absolute atomic E-state index is 11.5. The molecule has 0 spiro atoms. The molecule has 0 aromatic heterocycles. The van der Waals surface area contributed by atoms with Crippen LogP contribution in [-0.2, 0) is 4.74 Å². The van der Waals surface area contributed by atoms with Gasteiger partial charge in [-0.05, 0) is 19.1 Å². The number of carbonyl (C=O) groups excluding carboxylic acids is 1. The zero-order chi connectivity index (χ0) is 13.2. The molecule has 0 aliphatic rings. The van der Waals surface area contributed by atoms with E-state index in [1.54, 1.807) is 18.9 Å². The van der Waals surface area contributed by atoms with E-state index in [1.165, 1.54) is 4.90 Å². The Kier molecular flexibility index (Phi) is 7.29. The first-order valence-corrected chi connectivity index (χ1v) is 6.92. The number of rotatable bonds is 7. The second kappa shape index (κ2) is 8.83. The number of nitrogens with one attached hydrogen (secondary N) is 2. The van der Waals surface area contributed by atoms with E-state index >= 15 is 0 Å². The summed E-state index contributed by atoms with van der Waals surface area (Å²) in [6, 6.07) is 10.0. The molecule has 0 saturated heterocycles. The highest BCUT2D eigenvalue weighted by molar-refractivity contribution is 7.99. The van der Waals surface area contributed by atoms with E-state index in [1.807, 2.05) is 25.1 Å². The van der Waals surface area contributed by atoms with E-state index in [0.29, 0.717) is 13.2 Å². The molecule has 0 aliphatic heterocycles. The van der Waals surface area contributed by atoms with Gasteiger partial charge in [-0.25, -0.2) is 4.79 Å². The van der Waals surface area contributed by atoms with Crippen molar-refractivity contribution in [2.75, 3.05) is 26.0 Å². The number of methoxy groups -OCH3 is 1. The third-order valence-electron chi connectivity index (χ3n) is 2.19. The Morgan fingerprint density at radius 3 is 2.78 bits per heavy atom. The van der Waals surface area contributed by atoms with Crippen LogP contribution >= 0.6 is 11.8 Å². The number of urea groups is 1. The van der Waals surface area contributed by atoms with Gasteiger partial charge in [0.15, 0.2) is 0 Å². The fraction of sp³-hybridized carbons (Fsp3) is 0.462. The molecular formula is C13H20N2O2S.